The smallest absolute Gasteiger partial charge is 0.263 e. The van der Waals surface area contributed by atoms with Crippen molar-refractivity contribution in [3.63, 3.8) is 0 Å². The van der Waals surface area contributed by atoms with Gasteiger partial charge in [0.2, 0.25) is 0 Å². The van der Waals surface area contributed by atoms with Crippen molar-refractivity contribution in [1.82, 2.24) is 9.88 Å². The van der Waals surface area contributed by atoms with Crippen molar-refractivity contribution in [3.8, 4) is 5.75 Å². The minimum Gasteiger partial charge on any atom is -0.481 e. The van der Waals surface area contributed by atoms with Crippen LogP contribution in [0.2, 0.25) is 0 Å². The second-order valence-electron chi connectivity index (χ2n) is 8.55. The Bertz CT molecular complexity index is 926. The number of pyridine rings is 1. The molecule has 0 saturated heterocycles. The Kier molecular flexibility index (Phi) is 6.56. The molecular formula is C26H30N2O2. The Hall–Kier alpha value is -3.14. The fraction of sp³-hybridized carbons (Fsp3) is 0.308. The van der Waals surface area contributed by atoms with Crippen LogP contribution in [0.1, 0.15) is 50.6 Å². The summed E-state index contributed by atoms with van der Waals surface area (Å²) in [4.78, 5) is 19.5. The molecule has 0 saturated carbocycles. The zero-order valence-electron chi connectivity index (χ0n) is 18.4. The molecule has 2 aromatic carbocycles. The quantitative estimate of drug-likeness (QED) is 0.555. The third-order valence-corrected chi connectivity index (χ3v) is 5.18. The van der Waals surface area contributed by atoms with Gasteiger partial charge in [0.25, 0.3) is 5.91 Å². The summed E-state index contributed by atoms with van der Waals surface area (Å²) in [7, 11) is 1.81. The van der Waals surface area contributed by atoms with Crippen LogP contribution in [0.25, 0.3) is 0 Å². The Balaban J connectivity index is 1.83. The van der Waals surface area contributed by atoms with Gasteiger partial charge >= 0.3 is 0 Å². The predicted molar refractivity (Wildman–Crippen MR) is 121 cm³/mol. The summed E-state index contributed by atoms with van der Waals surface area (Å²) in [6, 6.07) is 23.4. The summed E-state index contributed by atoms with van der Waals surface area (Å²) >= 11 is 0. The molecule has 0 fully saturated rings. The average molecular weight is 403 g/mol. The van der Waals surface area contributed by atoms with Crippen molar-refractivity contribution >= 4 is 5.91 Å². The highest BCUT2D eigenvalue weighted by atomic mass is 16.5. The van der Waals surface area contributed by atoms with E-state index in [0.29, 0.717) is 5.75 Å². The monoisotopic (exact) mass is 402 g/mol. The van der Waals surface area contributed by atoms with Gasteiger partial charge in [-0.3, -0.25) is 9.78 Å². The molecule has 156 valence electrons. The lowest BCUT2D eigenvalue weighted by Gasteiger charge is -2.30. The van der Waals surface area contributed by atoms with E-state index in [4.69, 9.17) is 4.74 Å². The molecule has 0 aliphatic heterocycles. The van der Waals surface area contributed by atoms with Crippen LogP contribution in [-0.2, 0) is 10.2 Å². The molecule has 1 amide bonds. The molecule has 0 N–H and O–H groups in total. The van der Waals surface area contributed by atoms with Gasteiger partial charge in [0, 0.05) is 13.2 Å². The van der Waals surface area contributed by atoms with Crippen molar-refractivity contribution in [3.05, 3.63) is 95.8 Å². The van der Waals surface area contributed by atoms with Gasteiger partial charge in [-0.2, -0.15) is 0 Å². The van der Waals surface area contributed by atoms with Gasteiger partial charge in [-0.05, 0) is 47.7 Å². The number of aromatic nitrogens is 1. The standard InChI is InChI=1S/C26H30N2O2/c1-19(30-22-15-11-14-21(18-22)26(2,3)4)25(29)28(5)24(20-12-7-6-8-13-20)23-16-9-10-17-27-23/h6-19,24H,1-5H3. The first kappa shape index (κ1) is 21.6. The minimum atomic E-state index is -0.625. The second-order valence-corrected chi connectivity index (χ2v) is 8.55. The van der Waals surface area contributed by atoms with Crippen LogP contribution in [0.5, 0.6) is 5.75 Å². The van der Waals surface area contributed by atoms with Gasteiger partial charge in [0.05, 0.1) is 11.7 Å². The van der Waals surface area contributed by atoms with Gasteiger partial charge in [-0.15, -0.1) is 0 Å². The molecular weight excluding hydrogens is 372 g/mol. The maximum atomic E-state index is 13.3. The lowest BCUT2D eigenvalue weighted by molar-refractivity contribution is -0.138. The number of carbonyl (C=O) groups excluding carboxylic acids is 1. The lowest BCUT2D eigenvalue weighted by atomic mass is 9.87. The van der Waals surface area contributed by atoms with Crippen molar-refractivity contribution in [2.75, 3.05) is 7.05 Å². The molecule has 0 bridgehead atoms. The number of benzene rings is 2. The van der Waals surface area contributed by atoms with Crippen molar-refractivity contribution < 1.29 is 9.53 Å². The van der Waals surface area contributed by atoms with Gasteiger partial charge < -0.3 is 9.64 Å². The number of amides is 1. The van der Waals surface area contributed by atoms with Crippen LogP contribution in [-0.4, -0.2) is 28.9 Å². The fourth-order valence-corrected chi connectivity index (χ4v) is 3.47. The third-order valence-electron chi connectivity index (χ3n) is 5.18. The van der Waals surface area contributed by atoms with E-state index in [1.807, 2.05) is 66.7 Å². The molecule has 30 heavy (non-hydrogen) atoms. The highest BCUT2D eigenvalue weighted by molar-refractivity contribution is 5.81. The van der Waals surface area contributed by atoms with Crippen molar-refractivity contribution in [1.29, 1.82) is 0 Å². The Morgan fingerprint density at radius 3 is 2.30 bits per heavy atom. The largest absolute Gasteiger partial charge is 0.481 e. The molecule has 1 heterocycles. The van der Waals surface area contributed by atoms with Crippen LogP contribution < -0.4 is 4.74 Å². The maximum absolute atomic E-state index is 13.3. The fourth-order valence-electron chi connectivity index (χ4n) is 3.47. The summed E-state index contributed by atoms with van der Waals surface area (Å²) in [5.74, 6) is 0.599. The zero-order chi connectivity index (χ0) is 21.7. The Morgan fingerprint density at radius 1 is 0.967 bits per heavy atom. The lowest BCUT2D eigenvalue weighted by Crippen LogP contribution is -2.40. The molecule has 0 aliphatic carbocycles. The second kappa shape index (κ2) is 9.12. The van der Waals surface area contributed by atoms with Gasteiger partial charge in [0.1, 0.15) is 5.75 Å². The number of likely N-dealkylation sites (N-methyl/N-ethyl adjacent to an activating group) is 1. The van der Waals surface area contributed by atoms with Crippen molar-refractivity contribution in [2.45, 2.75) is 45.3 Å². The van der Waals surface area contributed by atoms with Crippen LogP contribution in [0, 0.1) is 0 Å². The molecule has 3 rings (SSSR count). The molecule has 4 heteroatoms. The summed E-state index contributed by atoms with van der Waals surface area (Å²) in [6.45, 7) is 8.27. The van der Waals surface area contributed by atoms with Crippen LogP contribution in [0.3, 0.4) is 0 Å². The Labute approximate surface area is 179 Å². The normalized spacial score (nSPS) is 13.4. The van der Waals surface area contributed by atoms with E-state index in [-0.39, 0.29) is 17.4 Å². The van der Waals surface area contributed by atoms with E-state index in [1.165, 1.54) is 5.56 Å². The minimum absolute atomic E-state index is 0.0147. The van der Waals surface area contributed by atoms with E-state index in [0.717, 1.165) is 11.3 Å². The predicted octanol–water partition coefficient (Wildman–Crippen LogP) is 5.39. The van der Waals surface area contributed by atoms with Crippen molar-refractivity contribution in [2.24, 2.45) is 0 Å². The summed E-state index contributed by atoms with van der Waals surface area (Å²) < 4.78 is 6.04. The highest BCUT2D eigenvalue weighted by Crippen LogP contribution is 2.28. The highest BCUT2D eigenvalue weighted by Gasteiger charge is 2.28. The molecule has 4 nitrogen and oxygen atoms in total. The average Bonchev–Trinajstić information content (AvgIpc) is 2.74. The van der Waals surface area contributed by atoms with E-state index < -0.39 is 6.10 Å². The molecule has 1 aromatic heterocycles. The van der Waals surface area contributed by atoms with Crippen LogP contribution in [0.4, 0.5) is 0 Å². The maximum Gasteiger partial charge on any atom is 0.263 e. The number of nitrogens with zero attached hydrogens (tertiary/aromatic N) is 2. The molecule has 0 aliphatic rings. The third kappa shape index (κ3) is 5.07. The Morgan fingerprint density at radius 2 is 1.67 bits per heavy atom. The van der Waals surface area contributed by atoms with Gasteiger partial charge in [0.15, 0.2) is 6.10 Å². The summed E-state index contributed by atoms with van der Waals surface area (Å²) in [6.07, 6.45) is 1.13. The van der Waals surface area contributed by atoms with E-state index >= 15 is 0 Å². The molecule has 2 atom stereocenters. The topological polar surface area (TPSA) is 42.4 Å². The summed E-state index contributed by atoms with van der Waals surface area (Å²) in [5, 5.41) is 0. The van der Waals surface area contributed by atoms with E-state index in [9.17, 15) is 4.79 Å². The first-order valence-corrected chi connectivity index (χ1v) is 10.3. The number of carbonyl (C=O) groups is 1. The van der Waals surface area contributed by atoms with Gasteiger partial charge in [-0.25, -0.2) is 0 Å². The van der Waals surface area contributed by atoms with Gasteiger partial charge in [-0.1, -0.05) is 69.3 Å². The molecule has 0 spiro atoms. The molecule has 3 aromatic rings. The summed E-state index contributed by atoms with van der Waals surface area (Å²) in [5.41, 5.74) is 3.01. The van der Waals surface area contributed by atoms with E-state index in [1.54, 1.807) is 25.1 Å². The van der Waals surface area contributed by atoms with Crippen LogP contribution >= 0.6 is 0 Å². The number of rotatable bonds is 6. The molecule has 2 unspecified atom stereocenters. The van der Waals surface area contributed by atoms with Crippen LogP contribution in [0.15, 0.2) is 79.0 Å². The first-order chi connectivity index (χ1) is 14.3. The first-order valence-electron chi connectivity index (χ1n) is 10.3. The number of hydrogen-bond donors (Lipinski definition) is 0. The SMILES string of the molecule is CC(Oc1cccc(C(C)(C)C)c1)C(=O)N(C)C(c1ccccc1)c1ccccn1. The number of hydrogen-bond acceptors (Lipinski definition) is 3. The number of ether oxygens (including phenoxy) is 1. The van der Waals surface area contributed by atoms with E-state index in [2.05, 4.69) is 31.8 Å². The zero-order valence-corrected chi connectivity index (χ0v) is 18.4. The molecule has 0 radical (unpaired) electrons.